The largest absolute Gasteiger partial charge is 0.360 e. The van der Waals surface area contributed by atoms with Crippen LogP contribution in [-0.2, 0) is 0 Å². The predicted molar refractivity (Wildman–Crippen MR) is 66.9 cm³/mol. The monoisotopic (exact) mass is 207 g/mol. The van der Waals surface area contributed by atoms with E-state index in [9.17, 15) is 0 Å². The third kappa shape index (κ3) is 1.80. The van der Waals surface area contributed by atoms with Gasteiger partial charge in [0.2, 0.25) is 0 Å². The first-order chi connectivity index (χ1) is 7.06. The third-order valence-corrected chi connectivity index (χ3v) is 4.37. The summed E-state index contributed by atoms with van der Waals surface area (Å²) in [5.74, 6) is 1.91. The summed E-state index contributed by atoms with van der Waals surface area (Å²) in [5, 5.41) is 0. The van der Waals surface area contributed by atoms with E-state index in [4.69, 9.17) is 5.73 Å². The second kappa shape index (κ2) is 3.82. The Balaban J connectivity index is 2.20. The standard InChI is InChI=1S/C11H22BN3/c1-14-10-6-5-8-9(15(10)2)4-3-7-11(8,12)13/h8-9H,3-7,12-13H2,1-2H3/b14-10-. The zero-order valence-corrected chi connectivity index (χ0v) is 10.2. The smallest absolute Gasteiger partial charge is 0.127 e. The number of rotatable bonds is 0. The maximum absolute atomic E-state index is 6.41. The molecule has 0 aromatic carbocycles. The van der Waals surface area contributed by atoms with E-state index in [2.05, 4.69) is 24.8 Å². The highest BCUT2D eigenvalue weighted by atomic mass is 15.2. The lowest BCUT2D eigenvalue weighted by molar-refractivity contribution is 0.120. The Bertz CT molecular complexity index is 275. The number of piperidine rings is 1. The second-order valence-corrected chi connectivity index (χ2v) is 5.36. The number of aliphatic imine (C=N–C) groups is 1. The molecule has 2 aliphatic rings. The molecule has 1 saturated carbocycles. The van der Waals surface area contributed by atoms with Gasteiger partial charge in [0, 0.05) is 26.6 Å². The van der Waals surface area contributed by atoms with Crippen LogP contribution in [0, 0.1) is 5.92 Å². The normalized spacial score (nSPS) is 44.2. The van der Waals surface area contributed by atoms with Crippen molar-refractivity contribution in [1.82, 2.24) is 4.90 Å². The fourth-order valence-corrected chi connectivity index (χ4v) is 3.43. The van der Waals surface area contributed by atoms with Crippen molar-refractivity contribution >= 4 is 13.7 Å². The van der Waals surface area contributed by atoms with Crippen LogP contribution in [0.15, 0.2) is 4.99 Å². The quantitative estimate of drug-likeness (QED) is 0.576. The first kappa shape index (κ1) is 11.0. The van der Waals surface area contributed by atoms with Crippen molar-refractivity contribution in [3.8, 4) is 0 Å². The van der Waals surface area contributed by atoms with Gasteiger partial charge in [0.05, 0.1) is 5.84 Å². The fraction of sp³-hybridized carbons (Fsp3) is 0.909. The molecule has 0 aromatic heterocycles. The van der Waals surface area contributed by atoms with Crippen molar-refractivity contribution in [1.29, 1.82) is 0 Å². The van der Waals surface area contributed by atoms with Gasteiger partial charge in [-0.1, -0.05) is 6.42 Å². The molecule has 84 valence electrons. The molecule has 0 spiro atoms. The van der Waals surface area contributed by atoms with Gasteiger partial charge in [-0.2, -0.15) is 0 Å². The molecule has 4 heteroatoms. The van der Waals surface area contributed by atoms with E-state index < -0.39 is 0 Å². The average molecular weight is 207 g/mol. The molecule has 0 radical (unpaired) electrons. The minimum absolute atomic E-state index is 0.0381. The van der Waals surface area contributed by atoms with Crippen LogP contribution < -0.4 is 5.73 Å². The van der Waals surface area contributed by atoms with Crippen LogP contribution in [0.25, 0.3) is 0 Å². The summed E-state index contributed by atoms with van der Waals surface area (Å²) in [5.41, 5.74) is 6.45. The minimum Gasteiger partial charge on any atom is -0.360 e. The van der Waals surface area contributed by atoms with Gasteiger partial charge in [-0.15, -0.1) is 0 Å². The Morgan fingerprint density at radius 3 is 2.93 bits per heavy atom. The molecule has 0 bridgehead atoms. The Morgan fingerprint density at radius 2 is 2.27 bits per heavy atom. The van der Waals surface area contributed by atoms with E-state index in [1.807, 2.05) is 7.05 Å². The van der Waals surface area contributed by atoms with Gasteiger partial charge in [0.15, 0.2) is 0 Å². The van der Waals surface area contributed by atoms with Crippen molar-refractivity contribution < 1.29 is 0 Å². The maximum Gasteiger partial charge on any atom is 0.127 e. The Hall–Kier alpha value is -0.505. The molecule has 2 rings (SSSR count). The first-order valence-corrected chi connectivity index (χ1v) is 6.03. The minimum atomic E-state index is 0.0381. The zero-order valence-electron chi connectivity index (χ0n) is 10.2. The number of hydrogen-bond donors (Lipinski definition) is 1. The second-order valence-electron chi connectivity index (χ2n) is 5.36. The summed E-state index contributed by atoms with van der Waals surface area (Å²) in [6, 6.07) is 0.626. The Kier molecular flexibility index (Phi) is 2.80. The molecular weight excluding hydrogens is 185 g/mol. The highest BCUT2D eigenvalue weighted by Crippen LogP contribution is 2.38. The Morgan fingerprint density at radius 1 is 1.53 bits per heavy atom. The van der Waals surface area contributed by atoms with Gasteiger partial charge in [-0.05, 0) is 30.6 Å². The number of nitrogens with two attached hydrogens (primary N) is 1. The lowest BCUT2D eigenvalue weighted by Gasteiger charge is -2.51. The molecule has 2 fully saturated rings. The molecule has 2 N–H and O–H groups in total. The van der Waals surface area contributed by atoms with E-state index in [0.29, 0.717) is 12.0 Å². The van der Waals surface area contributed by atoms with Crippen molar-refractivity contribution in [2.45, 2.75) is 43.6 Å². The predicted octanol–water partition coefficient (Wildman–Crippen LogP) is 0.197. The Labute approximate surface area is 93.5 Å². The first-order valence-electron chi connectivity index (χ1n) is 6.03. The van der Waals surface area contributed by atoms with Crippen molar-refractivity contribution in [2.75, 3.05) is 14.1 Å². The molecule has 3 unspecified atom stereocenters. The highest BCUT2D eigenvalue weighted by Gasteiger charge is 2.43. The number of hydrogen-bond acceptors (Lipinski definition) is 2. The van der Waals surface area contributed by atoms with E-state index in [1.165, 1.54) is 31.5 Å². The van der Waals surface area contributed by atoms with Crippen molar-refractivity contribution in [3.63, 3.8) is 0 Å². The van der Waals surface area contributed by atoms with E-state index in [-0.39, 0.29) is 5.44 Å². The average Bonchev–Trinajstić information content (AvgIpc) is 2.19. The highest BCUT2D eigenvalue weighted by molar-refractivity contribution is 6.15. The number of amidine groups is 1. The molecule has 1 heterocycles. The van der Waals surface area contributed by atoms with Gasteiger partial charge in [0.25, 0.3) is 0 Å². The van der Waals surface area contributed by atoms with Crippen LogP contribution in [0.1, 0.15) is 32.1 Å². The number of likely N-dealkylation sites (tertiary alicyclic amines) is 1. The van der Waals surface area contributed by atoms with Gasteiger partial charge in [0.1, 0.15) is 7.85 Å². The van der Waals surface area contributed by atoms with E-state index in [1.54, 1.807) is 0 Å². The van der Waals surface area contributed by atoms with Gasteiger partial charge in [-0.3, -0.25) is 4.99 Å². The molecule has 3 atom stereocenters. The molecule has 1 aliphatic heterocycles. The van der Waals surface area contributed by atoms with Gasteiger partial charge in [-0.25, -0.2) is 0 Å². The lowest BCUT2D eigenvalue weighted by Crippen LogP contribution is -2.61. The SMILES string of the molecule is BC1(N)CCCC2C1CC/C(=N/C)N2C. The molecule has 3 nitrogen and oxygen atoms in total. The fourth-order valence-electron chi connectivity index (χ4n) is 3.43. The summed E-state index contributed by atoms with van der Waals surface area (Å²) >= 11 is 0. The topological polar surface area (TPSA) is 41.6 Å². The van der Waals surface area contributed by atoms with Crippen LogP contribution in [0.4, 0.5) is 0 Å². The summed E-state index contributed by atoms with van der Waals surface area (Å²) in [4.78, 5) is 6.74. The molecular formula is C11H22BN3. The summed E-state index contributed by atoms with van der Waals surface area (Å²) in [6.45, 7) is 0. The molecule has 0 amide bonds. The summed E-state index contributed by atoms with van der Waals surface area (Å²) in [6.07, 6.45) is 6.04. The summed E-state index contributed by atoms with van der Waals surface area (Å²) < 4.78 is 0. The number of fused-ring (bicyclic) bond motifs is 1. The van der Waals surface area contributed by atoms with Crippen molar-refractivity contribution in [3.05, 3.63) is 0 Å². The van der Waals surface area contributed by atoms with Crippen molar-refractivity contribution in [2.24, 2.45) is 16.6 Å². The van der Waals surface area contributed by atoms with Crippen LogP contribution in [-0.4, -0.2) is 44.2 Å². The van der Waals surface area contributed by atoms with Gasteiger partial charge >= 0.3 is 0 Å². The molecule has 15 heavy (non-hydrogen) atoms. The van der Waals surface area contributed by atoms with E-state index >= 15 is 0 Å². The summed E-state index contributed by atoms with van der Waals surface area (Å²) in [7, 11) is 6.31. The zero-order chi connectivity index (χ0) is 11.1. The van der Waals surface area contributed by atoms with Crippen LogP contribution in [0.5, 0.6) is 0 Å². The van der Waals surface area contributed by atoms with E-state index in [0.717, 1.165) is 6.42 Å². The van der Waals surface area contributed by atoms with Crippen LogP contribution >= 0.6 is 0 Å². The molecule has 1 aliphatic carbocycles. The number of nitrogens with zero attached hydrogens (tertiary/aromatic N) is 2. The molecule has 1 saturated heterocycles. The third-order valence-electron chi connectivity index (χ3n) is 4.37. The maximum atomic E-state index is 6.41. The van der Waals surface area contributed by atoms with Gasteiger partial charge < -0.3 is 10.6 Å². The van der Waals surface area contributed by atoms with Crippen LogP contribution in [0.2, 0.25) is 0 Å². The lowest BCUT2D eigenvalue weighted by atomic mass is 9.57. The van der Waals surface area contributed by atoms with Crippen LogP contribution in [0.3, 0.4) is 0 Å². The molecule has 0 aromatic rings.